The van der Waals surface area contributed by atoms with E-state index in [4.69, 9.17) is 0 Å². The van der Waals surface area contributed by atoms with Crippen molar-refractivity contribution in [1.29, 1.82) is 0 Å². The van der Waals surface area contributed by atoms with Crippen molar-refractivity contribution in [2.24, 2.45) is 5.92 Å². The fourth-order valence-electron chi connectivity index (χ4n) is 4.46. The van der Waals surface area contributed by atoms with Crippen molar-refractivity contribution in [2.75, 3.05) is 32.0 Å². The van der Waals surface area contributed by atoms with E-state index in [0.29, 0.717) is 12.1 Å². The van der Waals surface area contributed by atoms with Crippen LogP contribution in [0.4, 0.5) is 5.69 Å². The molecule has 0 radical (unpaired) electrons. The summed E-state index contributed by atoms with van der Waals surface area (Å²) in [7, 11) is 2.11. The number of amides is 2. The molecule has 1 aromatic heterocycles. The first-order valence-electron chi connectivity index (χ1n) is 11.6. The average molecular weight is 460 g/mol. The van der Waals surface area contributed by atoms with Crippen LogP contribution in [0.25, 0.3) is 10.4 Å². The summed E-state index contributed by atoms with van der Waals surface area (Å²) in [6.45, 7) is 4.40. The van der Waals surface area contributed by atoms with Crippen molar-refractivity contribution in [2.45, 2.75) is 25.8 Å². The van der Waals surface area contributed by atoms with Gasteiger partial charge in [0, 0.05) is 52.1 Å². The quantitative estimate of drug-likeness (QED) is 0.571. The first-order chi connectivity index (χ1) is 16.0. The molecule has 5 rings (SSSR count). The van der Waals surface area contributed by atoms with Crippen LogP contribution in [0.3, 0.4) is 0 Å². The number of benzene rings is 2. The maximum Gasteiger partial charge on any atom is 0.255 e. The Kier molecular flexibility index (Phi) is 6.04. The average Bonchev–Trinajstić information content (AvgIpc) is 3.60. The predicted octanol–water partition coefficient (Wildman–Crippen LogP) is 5.20. The van der Waals surface area contributed by atoms with Gasteiger partial charge in [-0.1, -0.05) is 30.3 Å². The number of carbonyl (C=O) groups is 2. The molecule has 2 fully saturated rings. The predicted molar refractivity (Wildman–Crippen MR) is 134 cm³/mol. The van der Waals surface area contributed by atoms with Crippen LogP contribution in [-0.2, 0) is 4.79 Å². The Morgan fingerprint density at radius 2 is 1.79 bits per heavy atom. The Morgan fingerprint density at radius 3 is 2.48 bits per heavy atom. The minimum Gasteiger partial charge on any atom is -0.329 e. The summed E-state index contributed by atoms with van der Waals surface area (Å²) in [5.41, 5.74) is 3.48. The Labute approximate surface area is 199 Å². The third-order valence-corrected chi connectivity index (χ3v) is 7.53. The lowest BCUT2D eigenvalue weighted by atomic mass is 9.98. The third-order valence-electron chi connectivity index (χ3n) is 6.50. The molecular formula is C27H29N3O2S. The molecule has 6 heteroatoms. The number of hydrogen-bond donors (Lipinski definition) is 1. The van der Waals surface area contributed by atoms with Crippen LogP contribution in [0.15, 0.2) is 60.7 Å². The monoisotopic (exact) mass is 459 g/mol. The van der Waals surface area contributed by atoms with Gasteiger partial charge < -0.3 is 15.1 Å². The van der Waals surface area contributed by atoms with E-state index in [2.05, 4.69) is 48.5 Å². The summed E-state index contributed by atoms with van der Waals surface area (Å²) in [6.07, 6.45) is 1.92. The van der Waals surface area contributed by atoms with Crippen LogP contribution >= 0.6 is 11.3 Å². The van der Waals surface area contributed by atoms with Crippen molar-refractivity contribution >= 4 is 28.8 Å². The summed E-state index contributed by atoms with van der Waals surface area (Å²) in [6, 6.07) is 20.1. The molecule has 170 valence electrons. The Hall–Kier alpha value is -2.96. The van der Waals surface area contributed by atoms with E-state index in [1.54, 1.807) is 11.3 Å². The van der Waals surface area contributed by atoms with E-state index in [0.717, 1.165) is 47.6 Å². The fraction of sp³-hybridized carbons (Fsp3) is 0.333. The largest absolute Gasteiger partial charge is 0.329 e. The number of piperazine rings is 1. The molecule has 1 atom stereocenters. The lowest BCUT2D eigenvalue weighted by Gasteiger charge is -2.40. The molecule has 2 heterocycles. The number of aryl methyl sites for hydroxylation is 1. The molecule has 1 aliphatic carbocycles. The molecule has 1 aliphatic heterocycles. The van der Waals surface area contributed by atoms with Crippen molar-refractivity contribution < 1.29 is 9.59 Å². The van der Waals surface area contributed by atoms with Crippen LogP contribution in [0.1, 0.15) is 39.7 Å². The number of anilines is 1. The number of hydrogen-bond acceptors (Lipinski definition) is 4. The standard InChI is InChI=1S/C27H29N3O2S/c1-18-8-13-25(33-18)23-16-21(28-26(31)20-9-10-20)11-12-22(23)27(32)30-15-14-29(2)17-24(30)19-6-4-3-5-7-19/h3-8,11-13,16,20,24H,9-10,14-15,17H2,1-2H3,(H,28,31)/t24-/m1/s1. The summed E-state index contributed by atoms with van der Waals surface area (Å²) in [5.74, 6) is 0.249. The smallest absolute Gasteiger partial charge is 0.255 e. The summed E-state index contributed by atoms with van der Waals surface area (Å²) in [4.78, 5) is 32.8. The van der Waals surface area contributed by atoms with Gasteiger partial charge in [-0.2, -0.15) is 0 Å². The number of nitrogens with zero attached hydrogens (tertiary/aromatic N) is 2. The Balaban J connectivity index is 1.51. The molecule has 0 bridgehead atoms. The Bertz CT molecular complexity index is 1170. The van der Waals surface area contributed by atoms with Gasteiger partial charge in [0.15, 0.2) is 0 Å². The summed E-state index contributed by atoms with van der Waals surface area (Å²) < 4.78 is 0. The number of nitrogens with one attached hydrogen (secondary N) is 1. The molecule has 1 saturated carbocycles. The normalized spacial score (nSPS) is 18.8. The van der Waals surface area contributed by atoms with Gasteiger partial charge in [-0.15, -0.1) is 11.3 Å². The second kappa shape index (κ2) is 9.12. The minimum absolute atomic E-state index is 0.00428. The maximum absolute atomic E-state index is 14.0. The summed E-state index contributed by atoms with van der Waals surface area (Å²) >= 11 is 1.67. The maximum atomic E-state index is 14.0. The van der Waals surface area contributed by atoms with Gasteiger partial charge in [0.1, 0.15) is 0 Å². The molecular weight excluding hydrogens is 430 g/mol. The van der Waals surface area contributed by atoms with E-state index >= 15 is 0 Å². The van der Waals surface area contributed by atoms with Gasteiger partial charge >= 0.3 is 0 Å². The zero-order valence-corrected chi connectivity index (χ0v) is 19.9. The SMILES string of the molecule is Cc1ccc(-c2cc(NC(=O)C3CC3)ccc2C(=O)N2CCN(C)C[C@@H]2c2ccccc2)s1. The van der Waals surface area contributed by atoms with Crippen LogP contribution < -0.4 is 5.32 Å². The van der Waals surface area contributed by atoms with Gasteiger partial charge in [0.2, 0.25) is 5.91 Å². The number of carbonyl (C=O) groups excluding carboxylic acids is 2. The van der Waals surface area contributed by atoms with Crippen molar-refractivity contribution in [3.8, 4) is 10.4 Å². The highest BCUT2D eigenvalue weighted by Gasteiger charge is 2.33. The van der Waals surface area contributed by atoms with Crippen LogP contribution in [0.5, 0.6) is 0 Å². The lowest BCUT2D eigenvalue weighted by Crippen LogP contribution is -2.49. The van der Waals surface area contributed by atoms with Gasteiger partial charge in [-0.05, 0) is 62.7 Å². The first kappa shape index (κ1) is 21.9. The molecule has 2 aromatic carbocycles. The number of rotatable bonds is 5. The molecule has 33 heavy (non-hydrogen) atoms. The molecule has 0 unspecified atom stereocenters. The van der Waals surface area contributed by atoms with Crippen molar-refractivity contribution in [3.05, 3.63) is 76.7 Å². The highest BCUT2D eigenvalue weighted by molar-refractivity contribution is 7.15. The second-order valence-electron chi connectivity index (χ2n) is 9.12. The van der Waals surface area contributed by atoms with E-state index in [-0.39, 0.29) is 23.8 Å². The van der Waals surface area contributed by atoms with Gasteiger partial charge in [0.25, 0.3) is 5.91 Å². The zero-order chi connectivity index (χ0) is 22.9. The van der Waals surface area contributed by atoms with Crippen LogP contribution in [-0.4, -0.2) is 48.3 Å². The number of likely N-dealkylation sites (N-methyl/N-ethyl adjacent to an activating group) is 1. The van der Waals surface area contributed by atoms with E-state index < -0.39 is 0 Å². The van der Waals surface area contributed by atoms with Gasteiger partial charge in [-0.25, -0.2) is 0 Å². The van der Waals surface area contributed by atoms with Crippen LogP contribution in [0, 0.1) is 12.8 Å². The molecule has 0 spiro atoms. The van der Waals surface area contributed by atoms with Crippen molar-refractivity contribution in [1.82, 2.24) is 9.80 Å². The minimum atomic E-state index is 0.00428. The molecule has 2 aliphatic rings. The zero-order valence-electron chi connectivity index (χ0n) is 19.1. The topological polar surface area (TPSA) is 52.7 Å². The van der Waals surface area contributed by atoms with Crippen LogP contribution in [0.2, 0.25) is 0 Å². The first-order valence-corrected chi connectivity index (χ1v) is 12.4. The third kappa shape index (κ3) is 4.72. The molecule has 1 N–H and O–H groups in total. The summed E-state index contributed by atoms with van der Waals surface area (Å²) in [5, 5.41) is 3.04. The Morgan fingerprint density at radius 1 is 1.00 bits per heavy atom. The molecule has 1 saturated heterocycles. The molecule has 2 amide bonds. The molecule has 5 nitrogen and oxygen atoms in total. The van der Waals surface area contributed by atoms with E-state index in [1.807, 2.05) is 41.3 Å². The number of thiophene rings is 1. The second-order valence-corrected chi connectivity index (χ2v) is 10.4. The molecule has 3 aromatic rings. The lowest BCUT2D eigenvalue weighted by molar-refractivity contribution is -0.117. The highest BCUT2D eigenvalue weighted by Crippen LogP contribution is 2.36. The van der Waals surface area contributed by atoms with E-state index in [1.165, 1.54) is 4.88 Å². The van der Waals surface area contributed by atoms with Crippen molar-refractivity contribution in [3.63, 3.8) is 0 Å². The highest BCUT2D eigenvalue weighted by atomic mass is 32.1. The van der Waals surface area contributed by atoms with E-state index in [9.17, 15) is 9.59 Å². The fourth-order valence-corrected chi connectivity index (χ4v) is 5.36. The van der Waals surface area contributed by atoms with Gasteiger partial charge in [0.05, 0.1) is 6.04 Å². The van der Waals surface area contributed by atoms with Gasteiger partial charge in [-0.3, -0.25) is 9.59 Å².